The van der Waals surface area contributed by atoms with Gasteiger partial charge < -0.3 is 28.4 Å². The molecule has 10 rings (SSSR count). The van der Waals surface area contributed by atoms with Crippen LogP contribution in [0.4, 0.5) is 11.6 Å². The summed E-state index contributed by atoms with van der Waals surface area (Å²) in [4.78, 5) is 57.8. The Hall–Kier alpha value is -6.10. The van der Waals surface area contributed by atoms with Gasteiger partial charge in [-0.25, -0.2) is 9.59 Å². The van der Waals surface area contributed by atoms with Crippen LogP contribution in [0, 0.1) is 0 Å². The smallest absolute Gasteiger partial charge is 0.336 e. The molecule has 4 aliphatic heterocycles. The number of anilines is 2. The second-order valence-electron chi connectivity index (χ2n) is 15.2. The standard InChI is InChI=1S/2C24H21ClN2O3/c2*1-3-30-24(29)19-14(2)26-11-12-27-18-13-16(25)9-10-17(18)22(28)21(23(26)27)20(19)15-7-5-4-6-8-15/h2*4-10,13,20H,3,11-12H2,1-2H3/t2*20-/m00/s1. The average molecular weight is 842 g/mol. The molecule has 2 aromatic heterocycles. The van der Waals surface area contributed by atoms with Gasteiger partial charge in [0.05, 0.1) is 58.4 Å². The molecule has 0 unspecified atom stereocenters. The fraction of sp³-hybridized carbons (Fsp3) is 0.250. The molecule has 60 heavy (non-hydrogen) atoms. The molecule has 12 heteroatoms. The Kier molecular flexibility index (Phi) is 10.2. The Morgan fingerprint density at radius 3 is 1.33 bits per heavy atom. The second-order valence-corrected chi connectivity index (χ2v) is 16.1. The predicted octanol–water partition coefficient (Wildman–Crippen LogP) is 8.92. The maximum atomic E-state index is 13.8. The molecule has 10 nitrogen and oxygen atoms in total. The molecule has 0 fully saturated rings. The van der Waals surface area contributed by atoms with Gasteiger partial charge in [0.25, 0.3) is 0 Å². The molecule has 2 atom stereocenters. The largest absolute Gasteiger partial charge is 0.463 e. The summed E-state index contributed by atoms with van der Waals surface area (Å²) in [5, 5.41) is 2.42. The Morgan fingerprint density at radius 1 is 0.583 bits per heavy atom. The minimum Gasteiger partial charge on any atom is -0.463 e. The van der Waals surface area contributed by atoms with Crippen LogP contribution in [0.3, 0.4) is 0 Å². The highest BCUT2D eigenvalue weighted by molar-refractivity contribution is 6.31. The van der Waals surface area contributed by atoms with E-state index in [2.05, 4.69) is 18.9 Å². The van der Waals surface area contributed by atoms with E-state index in [0.717, 1.165) is 45.2 Å². The lowest BCUT2D eigenvalue weighted by Crippen LogP contribution is -2.35. The van der Waals surface area contributed by atoms with Crippen molar-refractivity contribution in [3.63, 3.8) is 0 Å². The number of allylic oxidation sites excluding steroid dienone is 2. The molecule has 0 N–H and O–H groups in total. The van der Waals surface area contributed by atoms with Crippen LogP contribution in [-0.4, -0.2) is 47.4 Å². The zero-order valence-electron chi connectivity index (χ0n) is 33.6. The van der Waals surface area contributed by atoms with Gasteiger partial charge in [-0.1, -0.05) is 83.9 Å². The van der Waals surface area contributed by atoms with Crippen molar-refractivity contribution in [1.82, 2.24) is 9.13 Å². The van der Waals surface area contributed by atoms with Crippen molar-refractivity contribution >= 4 is 68.6 Å². The fourth-order valence-electron chi connectivity index (χ4n) is 9.58. The number of fused-ring (bicyclic) bond motifs is 4. The quantitative estimate of drug-likeness (QED) is 0.153. The van der Waals surface area contributed by atoms with Gasteiger partial charge in [0.2, 0.25) is 0 Å². The first kappa shape index (κ1) is 39.4. The van der Waals surface area contributed by atoms with Crippen molar-refractivity contribution in [2.24, 2.45) is 0 Å². The van der Waals surface area contributed by atoms with Crippen molar-refractivity contribution in [1.29, 1.82) is 0 Å². The first-order valence-corrected chi connectivity index (χ1v) is 20.9. The molecule has 6 heterocycles. The van der Waals surface area contributed by atoms with Crippen molar-refractivity contribution in [2.45, 2.75) is 52.6 Å². The summed E-state index contributed by atoms with van der Waals surface area (Å²) >= 11 is 12.5. The first-order chi connectivity index (χ1) is 29.0. The van der Waals surface area contributed by atoms with E-state index < -0.39 is 11.8 Å². The zero-order valence-corrected chi connectivity index (χ0v) is 35.1. The number of ether oxygens (including phenoxy) is 2. The lowest BCUT2D eigenvalue weighted by Gasteiger charge is -2.34. The van der Waals surface area contributed by atoms with Crippen molar-refractivity contribution in [3.05, 3.63) is 172 Å². The van der Waals surface area contributed by atoms with Crippen LogP contribution in [0.1, 0.15) is 61.8 Å². The van der Waals surface area contributed by atoms with Crippen LogP contribution in [-0.2, 0) is 32.2 Å². The third-order valence-corrected chi connectivity index (χ3v) is 12.5. The van der Waals surface area contributed by atoms with Crippen molar-refractivity contribution in [3.8, 4) is 0 Å². The Bertz CT molecular complexity index is 2750. The Morgan fingerprint density at radius 2 is 0.967 bits per heavy atom. The first-order valence-electron chi connectivity index (χ1n) is 20.2. The van der Waals surface area contributed by atoms with E-state index in [9.17, 15) is 19.2 Å². The van der Waals surface area contributed by atoms with Crippen LogP contribution in [0.25, 0.3) is 21.8 Å². The maximum absolute atomic E-state index is 13.8. The number of benzene rings is 4. The molecule has 0 saturated carbocycles. The average Bonchev–Trinajstić information content (AvgIpc) is 3.90. The molecule has 0 spiro atoms. The van der Waals surface area contributed by atoms with Gasteiger partial charge >= 0.3 is 11.9 Å². The van der Waals surface area contributed by atoms with Crippen LogP contribution in [0.15, 0.2) is 129 Å². The highest BCUT2D eigenvalue weighted by atomic mass is 35.5. The zero-order chi connectivity index (χ0) is 42.0. The number of carbonyl (C=O) groups excluding carboxylic acids is 2. The van der Waals surface area contributed by atoms with E-state index in [-0.39, 0.29) is 36.0 Å². The fourth-order valence-corrected chi connectivity index (χ4v) is 9.91. The van der Waals surface area contributed by atoms with Gasteiger partial charge in [0.1, 0.15) is 11.6 Å². The Balaban J connectivity index is 0.000000154. The topological polar surface area (TPSA) is 103 Å². The van der Waals surface area contributed by atoms with Crippen LogP contribution >= 0.6 is 23.2 Å². The van der Waals surface area contributed by atoms with E-state index in [0.29, 0.717) is 69.3 Å². The molecule has 0 amide bonds. The molecule has 0 bridgehead atoms. The summed E-state index contributed by atoms with van der Waals surface area (Å²) in [6.07, 6.45) is 0. The summed E-state index contributed by atoms with van der Waals surface area (Å²) in [6.45, 7) is 10.8. The van der Waals surface area contributed by atoms with E-state index >= 15 is 0 Å². The summed E-state index contributed by atoms with van der Waals surface area (Å²) in [5.74, 6) is 0.0114. The van der Waals surface area contributed by atoms with E-state index in [1.165, 1.54) is 0 Å². The maximum Gasteiger partial charge on any atom is 0.336 e. The third-order valence-electron chi connectivity index (χ3n) is 12.1. The normalized spacial score (nSPS) is 17.4. The second kappa shape index (κ2) is 15.5. The lowest BCUT2D eigenvalue weighted by atomic mass is 9.80. The van der Waals surface area contributed by atoms with Gasteiger partial charge in [0, 0.05) is 58.4 Å². The number of halogens is 2. The van der Waals surface area contributed by atoms with Gasteiger partial charge in [-0.3, -0.25) is 9.59 Å². The summed E-state index contributed by atoms with van der Waals surface area (Å²) in [6, 6.07) is 30.2. The summed E-state index contributed by atoms with van der Waals surface area (Å²) in [7, 11) is 0. The van der Waals surface area contributed by atoms with E-state index in [1.807, 2.05) is 86.6 Å². The molecule has 4 aliphatic rings. The number of aromatic nitrogens is 2. The number of nitrogens with zero attached hydrogens (tertiary/aromatic N) is 4. The number of hydrogen-bond donors (Lipinski definition) is 0. The van der Waals surface area contributed by atoms with Crippen LogP contribution in [0.2, 0.25) is 10.0 Å². The van der Waals surface area contributed by atoms with E-state index in [1.54, 1.807) is 38.1 Å². The summed E-state index contributed by atoms with van der Waals surface area (Å²) < 4.78 is 15.1. The predicted molar refractivity (Wildman–Crippen MR) is 236 cm³/mol. The molecule has 4 aromatic carbocycles. The Labute approximate surface area is 356 Å². The van der Waals surface area contributed by atoms with Gasteiger partial charge in [-0.05, 0) is 75.2 Å². The third kappa shape index (κ3) is 6.15. The lowest BCUT2D eigenvalue weighted by molar-refractivity contribution is -0.139. The van der Waals surface area contributed by atoms with E-state index in [4.69, 9.17) is 32.7 Å². The molecular formula is C48H42Cl2N4O6. The van der Waals surface area contributed by atoms with Gasteiger partial charge in [-0.2, -0.15) is 0 Å². The number of hydrogen-bond acceptors (Lipinski definition) is 8. The molecule has 0 radical (unpaired) electrons. The number of pyridine rings is 2. The highest BCUT2D eigenvalue weighted by Crippen LogP contribution is 2.48. The molecule has 304 valence electrons. The minimum atomic E-state index is -0.478. The van der Waals surface area contributed by atoms with Crippen LogP contribution in [0.5, 0.6) is 0 Å². The molecule has 0 aliphatic carbocycles. The van der Waals surface area contributed by atoms with Gasteiger partial charge in [0.15, 0.2) is 10.9 Å². The van der Waals surface area contributed by atoms with Crippen molar-refractivity contribution < 1.29 is 19.1 Å². The number of rotatable bonds is 6. The van der Waals surface area contributed by atoms with Crippen molar-refractivity contribution in [2.75, 3.05) is 36.1 Å². The van der Waals surface area contributed by atoms with Crippen LogP contribution < -0.4 is 20.7 Å². The number of carbonyl (C=O) groups is 2. The minimum absolute atomic E-state index is 0.0667. The monoisotopic (exact) mass is 840 g/mol. The highest BCUT2D eigenvalue weighted by Gasteiger charge is 2.44. The van der Waals surface area contributed by atoms with Gasteiger partial charge in [-0.15, -0.1) is 0 Å². The molecule has 6 aromatic rings. The molecular weight excluding hydrogens is 799 g/mol. The SMILES string of the molecule is CCOC(=O)C1=C(C)N2CCn3c2c(c(=O)c2ccc(Cl)cc23)[C@H]1c1ccccc1.CCOC(=O)C1=C(C)N2CCn3c2c(c(=O)c2ccc(Cl)cc23)[C@H]1c1ccccc1. The molecule has 0 saturated heterocycles. The number of esters is 2. The summed E-state index contributed by atoms with van der Waals surface area (Å²) in [5.41, 5.74) is 7.32.